The van der Waals surface area contributed by atoms with Crippen LogP contribution in [0.2, 0.25) is 0 Å². The Morgan fingerprint density at radius 2 is 1.57 bits per heavy atom. The summed E-state index contributed by atoms with van der Waals surface area (Å²) in [4.78, 5) is 12.9. The van der Waals surface area contributed by atoms with Crippen LogP contribution in [0.4, 0.5) is 0 Å². The smallest absolute Gasteiger partial charge is 0.341 e. The lowest BCUT2D eigenvalue weighted by atomic mass is 9.68. The summed E-state index contributed by atoms with van der Waals surface area (Å²) < 4.78 is 11.4. The number of aliphatic hydroxyl groups is 1. The largest absolute Gasteiger partial charge is 0.496 e. The summed E-state index contributed by atoms with van der Waals surface area (Å²) in [6.07, 6.45) is 2.14. The lowest BCUT2D eigenvalue weighted by molar-refractivity contribution is -0.163. The zero-order valence-corrected chi connectivity index (χ0v) is 20.8. The highest BCUT2D eigenvalue weighted by molar-refractivity contribution is 6.13. The second-order valence-corrected chi connectivity index (χ2v) is 9.73. The Morgan fingerprint density at radius 1 is 0.838 bits per heavy atom. The number of rotatable bonds is 5. The van der Waals surface area contributed by atoms with Crippen molar-refractivity contribution in [2.45, 2.75) is 30.8 Å². The zero-order valence-electron chi connectivity index (χ0n) is 20.8. The molecule has 5 aromatic carbocycles. The van der Waals surface area contributed by atoms with Crippen LogP contribution in [0.15, 0.2) is 78.9 Å². The molecule has 1 aliphatic rings. The molecule has 0 aliphatic heterocycles. The van der Waals surface area contributed by atoms with Crippen LogP contribution >= 0.6 is 0 Å². The molecule has 186 valence electrons. The molecule has 5 nitrogen and oxygen atoms in total. The quantitative estimate of drug-likeness (QED) is 0.272. The first-order valence-corrected chi connectivity index (χ1v) is 12.5. The van der Waals surface area contributed by atoms with Crippen molar-refractivity contribution in [3.63, 3.8) is 0 Å². The molecule has 2 atom stereocenters. The lowest BCUT2D eigenvalue weighted by Gasteiger charge is -2.38. The van der Waals surface area contributed by atoms with Crippen LogP contribution in [0.3, 0.4) is 0 Å². The van der Waals surface area contributed by atoms with Gasteiger partial charge in [0.1, 0.15) is 11.5 Å². The minimum atomic E-state index is -2.08. The molecule has 0 heterocycles. The minimum absolute atomic E-state index is 0.428. The van der Waals surface area contributed by atoms with Gasteiger partial charge in [0.25, 0.3) is 0 Å². The molecule has 0 spiro atoms. The van der Waals surface area contributed by atoms with Crippen molar-refractivity contribution < 1.29 is 24.5 Å². The van der Waals surface area contributed by atoms with Crippen LogP contribution in [0.25, 0.3) is 32.3 Å². The summed E-state index contributed by atoms with van der Waals surface area (Å²) in [6.45, 7) is 0. The Bertz CT molecular complexity index is 1680. The average molecular weight is 493 g/mol. The number of aliphatic carboxylic acids is 1. The predicted molar refractivity (Wildman–Crippen MR) is 146 cm³/mol. The van der Waals surface area contributed by atoms with E-state index in [-0.39, 0.29) is 0 Å². The summed E-state index contributed by atoms with van der Waals surface area (Å²) >= 11 is 0. The van der Waals surface area contributed by atoms with E-state index in [2.05, 4.69) is 6.07 Å². The summed E-state index contributed by atoms with van der Waals surface area (Å²) in [5.74, 6) is -0.389. The SMILES string of the molecule is COc1cccc2c1c(OC)cc1c3c(ccc12)C(C(O)(C(=O)O)c1cccc2ccccc12)CCC3. The first-order valence-electron chi connectivity index (χ1n) is 12.5. The summed E-state index contributed by atoms with van der Waals surface area (Å²) in [5.41, 5.74) is 0.294. The molecule has 0 saturated carbocycles. The van der Waals surface area contributed by atoms with Crippen LogP contribution in [-0.2, 0) is 16.8 Å². The zero-order chi connectivity index (χ0) is 25.7. The molecular formula is C32H28O5. The van der Waals surface area contributed by atoms with E-state index in [4.69, 9.17) is 9.47 Å². The summed E-state index contributed by atoms with van der Waals surface area (Å²) in [7, 11) is 3.30. The van der Waals surface area contributed by atoms with E-state index >= 15 is 0 Å². The van der Waals surface area contributed by atoms with Gasteiger partial charge in [-0.3, -0.25) is 0 Å². The van der Waals surface area contributed by atoms with E-state index in [1.807, 2.05) is 66.7 Å². The van der Waals surface area contributed by atoms with Crippen molar-refractivity contribution in [2.24, 2.45) is 0 Å². The third-order valence-corrected chi connectivity index (χ3v) is 8.00. The second-order valence-electron chi connectivity index (χ2n) is 9.73. The van der Waals surface area contributed by atoms with Crippen molar-refractivity contribution >= 4 is 38.3 Å². The fourth-order valence-corrected chi connectivity index (χ4v) is 6.31. The standard InChI is InChI=1S/C32H28O5/c1-36-28-15-7-12-24-22-16-17-23-21(25(22)18-29(37-2)30(24)28)11-6-14-27(23)32(35,31(33)34)26-13-5-9-19-8-3-4-10-20(19)26/h3-5,7-10,12-13,15-18,27,35H,6,11,14H2,1-2H3,(H,33,34). The van der Waals surface area contributed by atoms with E-state index in [0.29, 0.717) is 17.7 Å². The number of ether oxygens (including phenoxy) is 2. The number of carboxylic acids is 1. The molecular weight excluding hydrogens is 464 g/mol. The van der Waals surface area contributed by atoms with Crippen molar-refractivity contribution in [2.75, 3.05) is 14.2 Å². The fourth-order valence-electron chi connectivity index (χ4n) is 6.31. The van der Waals surface area contributed by atoms with E-state index < -0.39 is 17.5 Å². The van der Waals surface area contributed by atoms with Gasteiger partial charge in [0.15, 0.2) is 5.60 Å². The number of carbonyl (C=O) groups is 1. The predicted octanol–water partition coefficient (Wildman–Crippen LogP) is 6.56. The maximum Gasteiger partial charge on any atom is 0.341 e. The van der Waals surface area contributed by atoms with Gasteiger partial charge in [0.05, 0.1) is 19.6 Å². The lowest BCUT2D eigenvalue weighted by Crippen LogP contribution is -2.43. The second kappa shape index (κ2) is 8.79. The molecule has 5 aromatic rings. The first kappa shape index (κ1) is 23.3. The van der Waals surface area contributed by atoms with E-state index in [0.717, 1.165) is 62.0 Å². The minimum Gasteiger partial charge on any atom is -0.496 e. The van der Waals surface area contributed by atoms with Gasteiger partial charge in [0, 0.05) is 11.5 Å². The van der Waals surface area contributed by atoms with Crippen molar-refractivity contribution in [3.05, 3.63) is 95.6 Å². The Labute approximate surface area is 214 Å². The van der Waals surface area contributed by atoms with Gasteiger partial charge in [-0.25, -0.2) is 4.79 Å². The summed E-state index contributed by atoms with van der Waals surface area (Å²) in [5, 5.41) is 28.3. The van der Waals surface area contributed by atoms with Crippen molar-refractivity contribution in [1.82, 2.24) is 0 Å². The van der Waals surface area contributed by atoms with E-state index in [1.165, 1.54) is 0 Å². The Kier molecular flexibility index (Phi) is 5.54. The Balaban J connectivity index is 1.62. The van der Waals surface area contributed by atoms with Crippen molar-refractivity contribution in [1.29, 1.82) is 0 Å². The molecule has 0 radical (unpaired) electrons. The number of hydrogen-bond acceptors (Lipinski definition) is 4. The molecule has 0 amide bonds. The molecule has 1 aliphatic carbocycles. The molecule has 37 heavy (non-hydrogen) atoms. The Morgan fingerprint density at radius 3 is 2.35 bits per heavy atom. The van der Waals surface area contributed by atoms with Gasteiger partial charge in [-0.2, -0.15) is 0 Å². The van der Waals surface area contributed by atoms with Crippen LogP contribution in [-0.4, -0.2) is 30.4 Å². The van der Waals surface area contributed by atoms with Gasteiger partial charge >= 0.3 is 5.97 Å². The van der Waals surface area contributed by atoms with Gasteiger partial charge in [0.2, 0.25) is 0 Å². The molecule has 2 N–H and O–H groups in total. The maximum absolute atomic E-state index is 12.9. The van der Waals surface area contributed by atoms with Crippen LogP contribution in [0.1, 0.15) is 35.4 Å². The van der Waals surface area contributed by atoms with Crippen LogP contribution in [0, 0.1) is 0 Å². The normalized spacial score (nSPS) is 16.9. The number of aryl methyl sites for hydroxylation is 1. The molecule has 6 rings (SSSR count). The fraction of sp³-hybridized carbons (Fsp3) is 0.219. The third-order valence-electron chi connectivity index (χ3n) is 8.00. The van der Waals surface area contributed by atoms with Crippen molar-refractivity contribution in [3.8, 4) is 11.5 Å². The average Bonchev–Trinajstić information content (AvgIpc) is 2.94. The van der Waals surface area contributed by atoms with E-state index in [1.54, 1.807) is 20.3 Å². The van der Waals surface area contributed by atoms with Gasteiger partial charge in [-0.05, 0) is 69.5 Å². The number of benzene rings is 5. The molecule has 0 fully saturated rings. The van der Waals surface area contributed by atoms with Crippen LogP contribution in [0.5, 0.6) is 11.5 Å². The summed E-state index contributed by atoms with van der Waals surface area (Å²) in [6, 6.07) is 25.1. The van der Waals surface area contributed by atoms with Gasteiger partial charge < -0.3 is 19.7 Å². The molecule has 2 unspecified atom stereocenters. The third kappa shape index (κ3) is 3.38. The molecule has 5 heteroatoms. The van der Waals surface area contributed by atoms with Crippen LogP contribution < -0.4 is 9.47 Å². The number of fused-ring (bicyclic) bond motifs is 6. The first-order chi connectivity index (χ1) is 18.0. The number of hydrogen-bond donors (Lipinski definition) is 2. The number of methoxy groups -OCH3 is 2. The van der Waals surface area contributed by atoms with E-state index in [9.17, 15) is 15.0 Å². The van der Waals surface area contributed by atoms with Gasteiger partial charge in [-0.15, -0.1) is 0 Å². The highest BCUT2D eigenvalue weighted by Crippen LogP contribution is 2.49. The highest BCUT2D eigenvalue weighted by Gasteiger charge is 2.49. The highest BCUT2D eigenvalue weighted by atomic mass is 16.5. The molecule has 0 saturated heterocycles. The number of carboxylic acid groups (broad SMARTS) is 1. The molecule has 0 aromatic heterocycles. The Hall–Kier alpha value is -4.09. The molecule has 0 bridgehead atoms. The maximum atomic E-state index is 12.9. The van der Waals surface area contributed by atoms with Gasteiger partial charge in [-0.1, -0.05) is 66.7 Å². The topological polar surface area (TPSA) is 76.0 Å². The monoisotopic (exact) mass is 492 g/mol.